The lowest BCUT2D eigenvalue weighted by Crippen LogP contribution is -2.26. The molecule has 1 aliphatic carbocycles. The molecule has 34 heavy (non-hydrogen) atoms. The maximum atomic E-state index is 12.2. The summed E-state index contributed by atoms with van der Waals surface area (Å²) in [7, 11) is 0. The molecule has 1 amide bonds. The van der Waals surface area contributed by atoms with Crippen LogP contribution in [0.3, 0.4) is 0 Å². The fourth-order valence-corrected chi connectivity index (χ4v) is 4.18. The fraction of sp³-hybridized carbons (Fsp3) is 0.154. The summed E-state index contributed by atoms with van der Waals surface area (Å²) in [5.74, 6) is -1.29. The number of amides is 1. The second kappa shape index (κ2) is 9.99. The first-order valence-corrected chi connectivity index (χ1v) is 10.7. The van der Waals surface area contributed by atoms with Crippen LogP contribution in [0.1, 0.15) is 39.4 Å². The van der Waals surface area contributed by atoms with Gasteiger partial charge in [-0.15, -0.1) is 0 Å². The molecule has 2 N–H and O–H groups in total. The van der Waals surface area contributed by atoms with Gasteiger partial charge in [0, 0.05) is 18.5 Å². The maximum Gasteiger partial charge on any atom is 0.407 e. The van der Waals surface area contributed by atoms with Gasteiger partial charge >= 0.3 is 12.1 Å². The average Bonchev–Trinajstić information content (AvgIpc) is 3.16. The predicted octanol–water partition coefficient (Wildman–Crippen LogP) is 5.24. The van der Waals surface area contributed by atoms with E-state index >= 15 is 0 Å². The number of aromatic carboxylic acids is 1. The van der Waals surface area contributed by atoms with E-state index in [-0.39, 0.29) is 35.9 Å². The Kier molecular flexibility index (Phi) is 6.68. The number of nitro groups is 1. The van der Waals surface area contributed by atoms with E-state index in [0.717, 1.165) is 22.3 Å². The van der Waals surface area contributed by atoms with E-state index in [2.05, 4.69) is 17.4 Å². The molecule has 8 heteroatoms. The number of nitrogens with one attached hydrogen (secondary N) is 1. The molecule has 0 fully saturated rings. The summed E-state index contributed by atoms with van der Waals surface area (Å²) in [5, 5.41) is 23.2. The van der Waals surface area contributed by atoms with Crippen molar-refractivity contribution in [2.75, 3.05) is 13.2 Å². The van der Waals surface area contributed by atoms with Gasteiger partial charge in [0.25, 0.3) is 5.69 Å². The predicted molar refractivity (Wildman–Crippen MR) is 127 cm³/mol. The van der Waals surface area contributed by atoms with Gasteiger partial charge in [0.2, 0.25) is 0 Å². The molecule has 0 atom stereocenters. The number of nitro benzene ring substituents is 1. The fourth-order valence-electron chi connectivity index (χ4n) is 4.18. The zero-order valence-corrected chi connectivity index (χ0v) is 18.1. The summed E-state index contributed by atoms with van der Waals surface area (Å²) in [5.41, 5.74) is 4.11. The highest BCUT2D eigenvalue weighted by molar-refractivity contribution is 5.94. The van der Waals surface area contributed by atoms with Crippen LogP contribution in [0.25, 0.3) is 17.2 Å². The molecular formula is C26H22N2O6. The standard InChI is InChI=1S/C26H22N2O6/c29-25(30)22-13-7-14-24(28(32)33)21(22)12-5-6-15-27-26(31)34-16-23-19-10-3-1-8-17(19)18-9-2-4-11-20(18)23/h1-5,7-14,23H,6,15-16H2,(H,27,31)(H,29,30). The highest BCUT2D eigenvalue weighted by Gasteiger charge is 2.28. The molecule has 0 heterocycles. The molecule has 0 saturated heterocycles. The largest absolute Gasteiger partial charge is 0.478 e. The summed E-state index contributed by atoms with van der Waals surface area (Å²) < 4.78 is 5.46. The van der Waals surface area contributed by atoms with Crippen LogP contribution in [-0.2, 0) is 4.74 Å². The molecule has 8 nitrogen and oxygen atoms in total. The number of fused-ring (bicyclic) bond motifs is 3. The van der Waals surface area contributed by atoms with Crippen LogP contribution in [0, 0.1) is 10.1 Å². The third kappa shape index (κ3) is 4.66. The minimum absolute atomic E-state index is 0.0149. The van der Waals surface area contributed by atoms with E-state index in [1.54, 1.807) is 6.08 Å². The SMILES string of the molecule is O=C(NCCC=Cc1c(C(=O)O)cccc1[N+](=O)[O-])OCC1c2ccccc2-c2ccccc21. The van der Waals surface area contributed by atoms with Crippen LogP contribution in [-0.4, -0.2) is 35.2 Å². The van der Waals surface area contributed by atoms with Crippen LogP contribution in [0.15, 0.2) is 72.8 Å². The third-order valence-corrected chi connectivity index (χ3v) is 5.72. The number of nitrogens with zero attached hydrogens (tertiary/aromatic N) is 1. The number of hydrogen-bond donors (Lipinski definition) is 2. The molecule has 0 radical (unpaired) electrons. The van der Waals surface area contributed by atoms with Gasteiger partial charge in [-0.05, 0) is 34.7 Å². The van der Waals surface area contributed by atoms with Gasteiger partial charge < -0.3 is 15.2 Å². The number of hydrogen-bond acceptors (Lipinski definition) is 5. The Morgan fingerprint density at radius 3 is 2.26 bits per heavy atom. The third-order valence-electron chi connectivity index (χ3n) is 5.72. The van der Waals surface area contributed by atoms with E-state index in [9.17, 15) is 24.8 Å². The second-order valence-electron chi connectivity index (χ2n) is 7.74. The number of rotatable bonds is 8. The Morgan fingerprint density at radius 1 is 1.00 bits per heavy atom. The van der Waals surface area contributed by atoms with Gasteiger partial charge in [-0.3, -0.25) is 10.1 Å². The Bertz CT molecular complexity index is 1210. The van der Waals surface area contributed by atoms with Crippen molar-refractivity contribution in [1.82, 2.24) is 5.32 Å². The molecule has 172 valence electrons. The van der Waals surface area contributed by atoms with Crippen molar-refractivity contribution >= 4 is 23.8 Å². The molecule has 1 aliphatic rings. The van der Waals surface area contributed by atoms with Gasteiger partial charge in [-0.2, -0.15) is 0 Å². The quantitative estimate of drug-likeness (QED) is 0.271. The second-order valence-corrected chi connectivity index (χ2v) is 7.74. The minimum atomic E-state index is -1.25. The lowest BCUT2D eigenvalue weighted by atomic mass is 9.98. The highest BCUT2D eigenvalue weighted by atomic mass is 16.6. The van der Waals surface area contributed by atoms with E-state index in [1.807, 2.05) is 36.4 Å². The number of carbonyl (C=O) groups excluding carboxylic acids is 1. The van der Waals surface area contributed by atoms with Crippen LogP contribution in [0.2, 0.25) is 0 Å². The molecule has 3 aromatic carbocycles. The van der Waals surface area contributed by atoms with Gasteiger partial charge in [0.05, 0.1) is 16.1 Å². The van der Waals surface area contributed by atoms with E-state index in [0.29, 0.717) is 6.42 Å². The minimum Gasteiger partial charge on any atom is -0.478 e. The topological polar surface area (TPSA) is 119 Å². The molecule has 3 aromatic rings. The molecule has 0 bridgehead atoms. The summed E-state index contributed by atoms with van der Waals surface area (Å²) in [6, 6.07) is 20.0. The maximum absolute atomic E-state index is 12.2. The monoisotopic (exact) mass is 458 g/mol. The molecule has 0 aliphatic heterocycles. The normalized spacial score (nSPS) is 12.2. The van der Waals surface area contributed by atoms with E-state index in [4.69, 9.17) is 4.74 Å². The molecular weight excluding hydrogens is 436 g/mol. The Hall–Kier alpha value is -4.46. The van der Waals surface area contributed by atoms with Crippen molar-refractivity contribution < 1.29 is 24.4 Å². The first kappa shape index (κ1) is 22.7. The van der Waals surface area contributed by atoms with Gasteiger partial charge in [-0.1, -0.05) is 66.7 Å². The summed E-state index contributed by atoms with van der Waals surface area (Å²) in [4.78, 5) is 34.2. The first-order chi connectivity index (χ1) is 16.5. The van der Waals surface area contributed by atoms with Crippen molar-refractivity contribution in [1.29, 1.82) is 0 Å². The smallest absolute Gasteiger partial charge is 0.407 e. The highest BCUT2D eigenvalue weighted by Crippen LogP contribution is 2.44. The van der Waals surface area contributed by atoms with Gasteiger partial charge in [-0.25, -0.2) is 9.59 Å². The van der Waals surface area contributed by atoms with Gasteiger partial charge in [0.1, 0.15) is 6.61 Å². The number of carboxylic acids is 1. The van der Waals surface area contributed by atoms with Crippen LogP contribution in [0.5, 0.6) is 0 Å². The Labute approximate surface area is 195 Å². The number of benzene rings is 3. The molecule has 0 saturated carbocycles. The lowest BCUT2D eigenvalue weighted by Gasteiger charge is -2.14. The van der Waals surface area contributed by atoms with Crippen molar-refractivity contribution in [3.05, 3.63) is 105 Å². The number of ether oxygens (including phenoxy) is 1. The van der Waals surface area contributed by atoms with Crippen LogP contribution < -0.4 is 5.32 Å². The molecule has 0 unspecified atom stereocenters. The summed E-state index contributed by atoms with van der Waals surface area (Å²) in [6.45, 7) is 0.435. The molecule has 0 aromatic heterocycles. The van der Waals surface area contributed by atoms with Gasteiger partial charge in [0.15, 0.2) is 0 Å². The van der Waals surface area contributed by atoms with Crippen molar-refractivity contribution in [2.24, 2.45) is 0 Å². The number of carboxylic acid groups (broad SMARTS) is 1. The Balaban J connectivity index is 1.32. The van der Waals surface area contributed by atoms with Crippen molar-refractivity contribution in [3.63, 3.8) is 0 Å². The molecule has 0 spiro atoms. The Morgan fingerprint density at radius 2 is 1.65 bits per heavy atom. The zero-order chi connectivity index (χ0) is 24.1. The zero-order valence-electron chi connectivity index (χ0n) is 18.1. The molecule has 4 rings (SSSR count). The summed E-state index contributed by atoms with van der Waals surface area (Å²) >= 11 is 0. The van der Waals surface area contributed by atoms with E-state index in [1.165, 1.54) is 24.3 Å². The van der Waals surface area contributed by atoms with Crippen LogP contribution >= 0.6 is 0 Å². The van der Waals surface area contributed by atoms with E-state index < -0.39 is 17.0 Å². The average molecular weight is 458 g/mol. The van der Waals surface area contributed by atoms with Crippen LogP contribution in [0.4, 0.5) is 10.5 Å². The summed E-state index contributed by atoms with van der Waals surface area (Å²) in [6.07, 6.45) is 2.75. The van der Waals surface area contributed by atoms with Crippen molar-refractivity contribution in [3.8, 4) is 11.1 Å². The number of carbonyl (C=O) groups is 2. The lowest BCUT2D eigenvalue weighted by molar-refractivity contribution is -0.385. The van der Waals surface area contributed by atoms with Crippen molar-refractivity contribution in [2.45, 2.75) is 12.3 Å². The number of alkyl carbamates (subject to hydrolysis) is 1. The first-order valence-electron chi connectivity index (χ1n) is 10.7.